The molecule has 27 heavy (non-hydrogen) atoms. The first-order valence-corrected chi connectivity index (χ1v) is 8.38. The van der Waals surface area contributed by atoms with Crippen molar-refractivity contribution in [2.75, 3.05) is 13.2 Å². The molecule has 0 aromatic carbocycles. The fraction of sp³-hybridized carbons (Fsp3) is 0.692. The van der Waals surface area contributed by atoms with E-state index in [4.69, 9.17) is 0 Å². The molecule has 14 heteroatoms. The third-order valence-corrected chi connectivity index (χ3v) is 3.43. The van der Waals surface area contributed by atoms with Crippen molar-refractivity contribution in [3.63, 3.8) is 0 Å². The summed E-state index contributed by atoms with van der Waals surface area (Å²) in [6, 6.07) is 0. The van der Waals surface area contributed by atoms with Gasteiger partial charge in [0.15, 0.2) is 10.1 Å². The molecule has 0 aliphatic rings. The summed E-state index contributed by atoms with van der Waals surface area (Å²) in [6.45, 7) is 3.28. The Labute approximate surface area is 151 Å². The Hall–Kier alpha value is -1.80. The Kier molecular flexibility index (Phi) is 7.91. The van der Waals surface area contributed by atoms with Gasteiger partial charge in [-0.2, -0.15) is 22.0 Å². The number of halogens is 5. The van der Waals surface area contributed by atoms with Crippen LogP contribution in [-0.2, 0) is 33.9 Å². The van der Waals surface area contributed by atoms with Gasteiger partial charge in [-0.3, -0.25) is 0 Å². The van der Waals surface area contributed by atoms with Crippen LogP contribution in [0.1, 0.15) is 20.8 Å². The summed E-state index contributed by atoms with van der Waals surface area (Å²) < 4.78 is 110. The lowest BCUT2D eigenvalue weighted by atomic mass is 10.2. The molecule has 0 N–H and O–H groups in total. The predicted molar refractivity (Wildman–Crippen MR) is 76.1 cm³/mol. The molecule has 0 spiro atoms. The molecule has 8 nitrogen and oxygen atoms in total. The zero-order valence-electron chi connectivity index (χ0n) is 14.3. The smallest absolute Gasteiger partial charge is 0.468 e. The van der Waals surface area contributed by atoms with Crippen LogP contribution in [-0.4, -0.2) is 55.3 Å². The molecule has 0 saturated carbocycles. The molecule has 158 valence electrons. The molecule has 0 rings (SSSR count). The number of carbonyl (C=O) groups excluding carboxylic acids is 2. The van der Waals surface area contributed by atoms with E-state index < -0.39 is 64.0 Å². The van der Waals surface area contributed by atoms with Crippen molar-refractivity contribution in [3.05, 3.63) is 12.2 Å². The predicted octanol–water partition coefficient (Wildman–Crippen LogP) is 1.72. The van der Waals surface area contributed by atoms with Crippen LogP contribution >= 0.6 is 0 Å². The highest BCUT2D eigenvalue weighted by atomic mass is 32.2. The Morgan fingerprint density at radius 3 is 1.96 bits per heavy atom. The Morgan fingerprint density at radius 2 is 1.63 bits per heavy atom. The van der Waals surface area contributed by atoms with Gasteiger partial charge in [0, 0.05) is 5.57 Å². The molecule has 0 aliphatic heterocycles. The van der Waals surface area contributed by atoms with Gasteiger partial charge in [-0.15, -0.1) is 0 Å². The second-order valence-electron chi connectivity index (χ2n) is 5.66. The maximum atomic E-state index is 13.4. The Morgan fingerprint density at radius 1 is 1.15 bits per heavy atom. The zero-order chi connectivity index (χ0) is 21.8. The Balaban J connectivity index is 6.10. The van der Waals surface area contributed by atoms with Crippen molar-refractivity contribution in [1.29, 1.82) is 0 Å². The average Bonchev–Trinajstić information content (AvgIpc) is 2.46. The van der Waals surface area contributed by atoms with Crippen molar-refractivity contribution < 1.29 is 58.7 Å². The summed E-state index contributed by atoms with van der Waals surface area (Å²) in [5.41, 5.74) is -0.674. The standard InChI is InChI=1S/C13H17F5O8S/c1-7(2)5-24-10(20)12(13(16,17)18,26-9(19)8(3)4)25-6-11(14,15)27(21,22)23/h7H,3,5-6H2,1-2,4H3,(H,21,22,23)/p-1. The summed E-state index contributed by atoms with van der Waals surface area (Å²) in [6.07, 6.45) is -5.98. The second-order valence-corrected chi connectivity index (χ2v) is 7.16. The minimum absolute atomic E-state index is 0.514. The van der Waals surface area contributed by atoms with Gasteiger partial charge in [0.05, 0.1) is 6.61 Å². The van der Waals surface area contributed by atoms with Crippen molar-refractivity contribution in [2.45, 2.75) is 38.0 Å². The summed E-state index contributed by atoms with van der Waals surface area (Å²) >= 11 is 0. The summed E-state index contributed by atoms with van der Waals surface area (Å²) in [5.74, 6) is -9.58. The topological polar surface area (TPSA) is 119 Å². The number of hydrogen-bond donors (Lipinski definition) is 0. The number of carbonyl (C=O) groups is 2. The third-order valence-electron chi connectivity index (χ3n) is 2.58. The third kappa shape index (κ3) is 6.39. The molecule has 0 saturated heterocycles. The van der Waals surface area contributed by atoms with Crippen molar-refractivity contribution >= 4 is 22.1 Å². The highest BCUT2D eigenvalue weighted by Gasteiger charge is 2.69. The van der Waals surface area contributed by atoms with Crippen LogP contribution in [0, 0.1) is 5.92 Å². The quantitative estimate of drug-likeness (QED) is 0.179. The molecule has 0 radical (unpaired) electrons. The van der Waals surface area contributed by atoms with Crippen LogP contribution in [0.3, 0.4) is 0 Å². The van der Waals surface area contributed by atoms with E-state index in [1.165, 1.54) is 13.8 Å². The highest BCUT2D eigenvalue weighted by molar-refractivity contribution is 7.86. The first kappa shape index (κ1) is 25.2. The maximum absolute atomic E-state index is 13.4. The van der Waals surface area contributed by atoms with Crippen LogP contribution in [0.5, 0.6) is 0 Å². The first-order valence-electron chi connectivity index (χ1n) is 6.97. The van der Waals surface area contributed by atoms with Crippen LogP contribution in [0.15, 0.2) is 12.2 Å². The Bertz CT molecular complexity index is 685. The van der Waals surface area contributed by atoms with Crippen LogP contribution in [0.4, 0.5) is 22.0 Å². The van der Waals surface area contributed by atoms with Crippen molar-refractivity contribution in [2.24, 2.45) is 5.92 Å². The van der Waals surface area contributed by atoms with E-state index in [9.17, 15) is 44.5 Å². The number of ether oxygens (including phenoxy) is 3. The molecule has 0 aliphatic carbocycles. The molecule has 0 bridgehead atoms. The van der Waals surface area contributed by atoms with Gasteiger partial charge in [-0.1, -0.05) is 20.4 Å². The normalized spacial score (nSPS) is 15.2. The number of alkyl halides is 5. The van der Waals surface area contributed by atoms with Crippen molar-refractivity contribution in [1.82, 2.24) is 0 Å². The SMILES string of the molecule is C=C(C)C(=O)OC(OCC(F)(F)S(=O)(=O)[O-])(C(=O)OCC(C)C)C(F)(F)F. The molecular weight excluding hydrogens is 411 g/mol. The summed E-state index contributed by atoms with van der Waals surface area (Å²) in [4.78, 5) is 23.4. The molecule has 0 aromatic heterocycles. The van der Waals surface area contributed by atoms with E-state index in [-0.39, 0.29) is 0 Å². The lowest BCUT2D eigenvalue weighted by Gasteiger charge is -2.33. The van der Waals surface area contributed by atoms with Gasteiger partial charge < -0.3 is 18.8 Å². The maximum Gasteiger partial charge on any atom is 0.468 e. The molecule has 1 unspecified atom stereocenters. The van der Waals surface area contributed by atoms with Crippen LogP contribution < -0.4 is 0 Å². The fourth-order valence-electron chi connectivity index (χ4n) is 1.20. The lowest BCUT2D eigenvalue weighted by molar-refractivity contribution is -0.360. The molecule has 0 heterocycles. The number of rotatable bonds is 9. The first-order chi connectivity index (χ1) is 11.9. The molecule has 0 amide bonds. The largest absolute Gasteiger partial charge is 0.743 e. The van der Waals surface area contributed by atoms with Gasteiger partial charge >= 0.3 is 29.2 Å². The molecule has 0 fully saturated rings. The van der Waals surface area contributed by atoms with E-state index in [2.05, 4.69) is 20.8 Å². The van der Waals surface area contributed by atoms with Gasteiger partial charge in [0.2, 0.25) is 0 Å². The second kappa shape index (κ2) is 8.48. The van der Waals surface area contributed by atoms with E-state index in [0.29, 0.717) is 0 Å². The van der Waals surface area contributed by atoms with Gasteiger partial charge in [-0.05, 0) is 12.8 Å². The highest BCUT2D eigenvalue weighted by Crippen LogP contribution is 2.38. The van der Waals surface area contributed by atoms with Gasteiger partial charge in [0.25, 0.3) is 0 Å². The number of esters is 2. The summed E-state index contributed by atoms with van der Waals surface area (Å²) in [5, 5.41) is -5.36. The van der Waals surface area contributed by atoms with E-state index in [0.717, 1.165) is 6.92 Å². The monoisotopic (exact) mass is 427 g/mol. The zero-order valence-corrected chi connectivity index (χ0v) is 15.1. The molecule has 0 aromatic rings. The summed E-state index contributed by atoms with van der Waals surface area (Å²) in [7, 11) is -6.45. The average molecular weight is 427 g/mol. The number of hydrogen-bond acceptors (Lipinski definition) is 8. The minimum Gasteiger partial charge on any atom is -0.743 e. The van der Waals surface area contributed by atoms with E-state index in [1.54, 1.807) is 0 Å². The van der Waals surface area contributed by atoms with E-state index >= 15 is 0 Å². The molecule has 1 atom stereocenters. The lowest BCUT2D eigenvalue weighted by Crippen LogP contribution is -2.59. The molecular formula is C13H16F5O8S-. The fourth-order valence-corrected chi connectivity index (χ4v) is 1.40. The van der Waals surface area contributed by atoms with Crippen LogP contribution in [0.25, 0.3) is 0 Å². The van der Waals surface area contributed by atoms with Crippen molar-refractivity contribution in [3.8, 4) is 0 Å². The van der Waals surface area contributed by atoms with Gasteiger partial charge in [-0.25, -0.2) is 18.0 Å². The van der Waals surface area contributed by atoms with E-state index in [1.807, 2.05) is 0 Å². The minimum atomic E-state index is -6.45. The van der Waals surface area contributed by atoms with Crippen LogP contribution in [0.2, 0.25) is 0 Å². The van der Waals surface area contributed by atoms with Gasteiger partial charge in [0.1, 0.15) is 6.61 Å².